The second-order valence-electron chi connectivity index (χ2n) is 5.61. The zero-order valence-electron chi connectivity index (χ0n) is 10.9. The normalized spacial score (nSPS) is 23.0. The fraction of sp³-hybridized carbons (Fsp3) is 0.923. The molecule has 0 aliphatic carbocycles. The Hall–Kier alpha value is -0.590. The van der Waals surface area contributed by atoms with Crippen LogP contribution in [0, 0.1) is 16.7 Å². The van der Waals surface area contributed by atoms with Crippen molar-refractivity contribution in [1.82, 2.24) is 10.2 Å². The minimum atomic E-state index is -0.142. The second kappa shape index (κ2) is 6.22. The molecule has 0 aromatic carbocycles. The molecule has 1 rings (SSSR count). The van der Waals surface area contributed by atoms with Crippen molar-refractivity contribution in [3.63, 3.8) is 0 Å². The van der Waals surface area contributed by atoms with E-state index in [1.54, 1.807) is 0 Å². The van der Waals surface area contributed by atoms with Gasteiger partial charge in [0.1, 0.15) is 0 Å². The molecule has 0 spiro atoms. The third-order valence-corrected chi connectivity index (χ3v) is 3.28. The molecule has 1 aliphatic heterocycles. The van der Waals surface area contributed by atoms with E-state index in [1.165, 1.54) is 32.5 Å². The predicted molar refractivity (Wildman–Crippen MR) is 67.1 cm³/mol. The van der Waals surface area contributed by atoms with Crippen LogP contribution in [0.3, 0.4) is 0 Å². The summed E-state index contributed by atoms with van der Waals surface area (Å²) < 4.78 is 0. The van der Waals surface area contributed by atoms with Crippen molar-refractivity contribution in [2.45, 2.75) is 46.1 Å². The summed E-state index contributed by atoms with van der Waals surface area (Å²) in [5.41, 5.74) is -0.142. The summed E-state index contributed by atoms with van der Waals surface area (Å²) in [7, 11) is 0. The molecule has 1 fully saturated rings. The summed E-state index contributed by atoms with van der Waals surface area (Å²) in [6, 6.07) is 2.99. The van der Waals surface area contributed by atoms with Gasteiger partial charge in [-0.05, 0) is 40.2 Å². The Labute approximate surface area is 99.8 Å². The number of hydrogen-bond acceptors (Lipinski definition) is 3. The van der Waals surface area contributed by atoms with E-state index in [2.05, 4.69) is 23.2 Å². The maximum Gasteiger partial charge on any atom is 0.0683 e. The Morgan fingerprint density at radius 2 is 2.19 bits per heavy atom. The van der Waals surface area contributed by atoms with Crippen LogP contribution in [0.5, 0.6) is 0 Å². The van der Waals surface area contributed by atoms with E-state index in [9.17, 15) is 0 Å². The average molecular weight is 223 g/mol. The van der Waals surface area contributed by atoms with Gasteiger partial charge in [0.15, 0.2) is 0 Å². The van der Waals surface area contributed by atoms with Gasteiger partial charge in [0, 0.05) is 25.7 Å². The molecule has 3 heteroatoms. The molecule has 1 atom stereocenters. The SMILES string of the molecule is C[C@@H]1CN(CCCCC(C)(C)C#N)CCN1. The molecule has 0 amide bonds. The van der Waals surface area contributed by atoms with Crippen molar-refractivity contribution >= 4 is 0 Å². The fourth-order valence-electron chi connectivity index (χ4n) is 2.17. The lowest BCUT2D eigenvalue weighted by Crippen LogP contribution is -2.49. The minimum Gasteiger partial charge on any atom is -0.312 e. The molecule has 0 aromatic rings. The highest BCUT2D eigenvalue weighted by Gasteiger charge is 2.17. The molecule has 92 valence electrons. The molecule has 0 saturated carbocycles. The summed E-state index contributed by atoms with van der Waals surface area (Å²) >= 11 is 0. The molecular formula is C13H25N3. The number of unbranched alkanes of at least 4 members (excludes halogenated alkanes) is 1. The van der Waals surface area contributed by atoms with Crippen LogP contribution in [0.2, 0.25) is 0 Å². The van der Waals surface area contributed by atoms with Crippen LogP contribution in [0.1, 0.15) is 40.0 Å². The van der Waals surface area contributed by atoms with E-state index >= 15 is 0 Å². The van der Waals surface area contributed by atoms with E-state index in [-0.39, 0.29) is 5.41 Å². The quantitative estimate of drug-likeness (QED) is 0.725. The van der Waals surface area contributed by atoms with Crippen molar-refractivity contribution in [2.75, 3.05) is 26.2 Å². The number of nitrogens with one attached hydrogen (secondary N) is 1. The first-order chi connectivity index (χ1) is 7.53. The Balaban J connectivity index is 2.09. The van der Waals surface area contributed by atoms with Crippen LogP contribution in [0.15, 0.2) is 0 Å². The highest BCUT2D eigenvalue weighted by molar-refractivity contribution is 4.91. The first-order valence-corrected chi connectivity index (χ1v) is 6.40. The zero-order valence-corrected chi connectivity index (χ0v) is 10.9. The number of nitriles is 1. The van der Waals surface area contributed by atoms with Gasteiger partial charge in [-0.1, -0.05) is 6.42 Å². The summed E-state index contributed by atoms with van der Waals surface area (Å²) in [6.45, 7) is 10.9. The van der Waals surface area contributed by atoms with Gasteiger partial charge in [0.05, 0.1) is 11.5 Å². The van der Waals surface area contributed by atoms with Gasteiger partial charge in [0.25, 0.3) is 0 Å². The molecule has 1 saturated heterocycles. The number of rotatable bonds is 5. The second-order valence-corrected chi connectivity index (χ2v) is 5.61. The first-order valence-electron chi connectivity index (χ1n) is 6.40. The van der Waals surface area contributed by atoms with Gasteiger partial charge >= 0.3 is 0 Å². The molecule has 3 nitrogen and oxygen atoms in total. The Morgan fingerprint density at radius 3 is 2.81 bits per heavy atom. The van der Waals surface area contributed by atoms with Crippen LogP contribution >= 0.6 is 0 Å². The Morgan fingerprint density at radius 1 is 1.44 bits per heavy atom. The lowest BCUT2D eigenvalue weighted by molar-refractivity contribution is 0.201. The summed E-state index contributed by atoms with van der Waals surface area (Å²) in [4.78, 5) is 2.53. The van der Waals surface area contributed by atoms with E-state index in [1.807, 2.05) is 13.8 Å². The van der Waals surface area contributed by atoms with E-state index < -0.39 is 0 Å². The van der Waals surface area contributed by atoms with Crippen LogP contribution in [-0.4, -0.2) is 37.1 Å². The van der Waals surface area contributed by atoms with Crippen molar-refractivity contribution < 1.29 is 0 Å². The average Bonchev–Trinajstić information content (AvgIpc) is 2.25. The number of hydrogen-bond donors (Lipinski definition) is 1. The molecule has 0 radical (unpaired) electrons. The molecule has 1 aliphatic rings. The lowest BCUT2D eigenvalue weighted by Gasteiger charge is -2.31. The monoisotopic (exact) mass is 223 g/mol. The van der Waals surface area contributed by atoms with Crippen molar-refractivity contribution in [3.8, 4) is 6.07 Å². The Bertz CT molecular complexity index is 242. The van der Waals surface area contributed by atoms with Crippen molar-refractivity contribution in [2.24, 2.45) is 5.41 Å². The van der Waals surface area contributed by atoms with Gasteiger partial charge in [-0.25, -0.2) is 0 Å². The number of nitrogens with zero attached hydrogens (tertiary/aromatic N) is 2. The van der Waals surface area contributed by atoms with Gasteiger partial charge in [-0.3, -0.25) is 0 Å². The topological polar surface area (TPSA) is 39.1 Å². The fourth-order valence-corrected chi connectivity index (χ4v) is 2.17. The highest BCUT2D eigenvalue weighted by Crippen LogP contribution is 2.21. The van der Waals surface area contributed by atoms with Crippen molar-refractivity contribution in [3.05, 3.63) is 0 Å². The molecule has 16 heavy (non-hydrogen) atoms. The molecule has 1 heterocycles. The minimum absolute atomic E-state index is 0.142. The van der Waals surface area contributed by atoms with Crippen LogP contribution in [0.4, 0.5) is 0 Å². The van der Waals surface area contributed by atoms with E-state index in [0.717, 1.165) is 13.0 Å². The standard InChI is InChI=1S/C13H25N3/c1-12-10-16(9-7-15-12)8-5-4-6-13(2,3)11-14/h12,15H,4-10H2,1-3H3/t12-/m1/s1. The van der Waals surface area contributed by atoms with Crippen molar-refractivity contribution in [1.29, 1.82) is 5.26 Å². The third-order valence-electron chi connectivity index (χ3n) is 3.28. The zero-order chi connectivity index (χ0) is 12.0. The smallest absolute Gasteiger partial charge is 0.0683 e. The summed E-state index contributed by atoms with van der Waals surface area (Å²) in [6.07, 6.45) is 3.40. The molecule has 0 unspecified atom stereocenters. The molecule has 1 N–H and O–H groups in total. The van der Waals surface area contributed by atoms with Gasteiger partial charge < -0.3 is 10.2 Å². The highest BCUT2D eigenvalue weighted by atomic mass is 15.2. The van der Waals surface area contributed by atoms with Crippen LogP contribution in [0.25, 0.3) is 0 Å². The first kappa shape index (κ1) is 13.5. The van der Waals surface area contributed by atoms with Gasteiger partial charge in [-0.2, -0.15) is 5.26 Å². The summed E-state index contributed by atoms with van der Waals surface area (Å²) in [5, 5.41) is 12.4. The van der Waals surface area contributed by atoms with Crippen LogP contribution in [-0.2, 0) is 0 Å². The third kappa shape index (κ3) is 4.96. The number of piperazine rings is 1. The Kier molecular flexibility index (Phi) is 5.24. The molecular weight excluding hydrogens is 198 g/mol. The van der Waals surface area contributed by atoms with Crippen LogP contribution < -0.4 is 5.32 Å². The molecule has 0 aromatic heterocycles. The molecule has 0 bridgehead atoms. The lowest BCUT2D eigenvalue weighted by atomic mass is 9.89. The van der Waals surface area contributed by atoms with Gasteiger partial charge in [0.2, 0.25) is 0 Å². The largest absolute Gasteiger partial charge is 0.312 e. The predicted octanol–water partition coefficient (Wildman–Crippen LogP) is 2.00. The van der Waals surface area contributed by atoms with E-state index in [4.69, 9.17) is 5.26 Å². The van der Waals surface area contributed by atoms with Gasteiger partial charge in [-0.15, -0.1) is 0 Å². The summed E-state index contributed by atoms with van der Waals surface area (Å²) in [5.74, 6) is 0. The van der Waals surface area contributed by atoms with E-state index in [0.29, 0.717) is 6.04 Å². The maximum atomic E-state index is 8.91. The maximum absolute atomic E-state index is 8.91.